The molecule has 0 aliphatic carbocycles. The molecule has 3 N–H and O–H groups in total. The molecule has 1 aromatic heterocycles. The number of nitrogens with one attached hydrogen (secondary N) is 2. The molecule has 34 heavy (non-hydrogen) atoms. The lowest BCUT2D eigenvalue weighted by atomic mass is 10.1. The van der Waals surface area contributed by atoms with E-state index < -0.39 is 12.1 Å². The quantitative estimate of drug-likeness (QED) is 0.428. The first kappa shape index (κ1) is 23.6. The van der Waals surface area contributed by atoms with Gasteiger partial charge in [-0.2, -0.15) is 0 Å². The summed E-state index contributed by atoms with van der Waals surface area (Å²) in [7, 11) is 0. The molecule has 7 heteroatoms. The summed E-state index contributed by atoms with van der Waals surface area (Å²) in [5.74, 6) is -0.385. The summed E-state index contributed by atoms with van der Waals surface area (Å²) in [4.78, 5) is 31.4. The zero-order chi connectivity index (χ0) is 23.8. The van der Waals surface area contributed by atoms with Crippen LogP contribution in [0.25, 0.3) is 0 Å². The number of likely N-dealkylation sites (tertiary alicyclic amines) is 1. The monoisotopic (exact) mass is 458 g/mol. The van der Waals surface area contributed by atoms with E-state index in [4.69, 9.17) is 0 Å². The van der Waals surface area contributed by atoms with Gasteiger partial charge in [0, 0.05) is 25.0 Å². The van der Waals surface area contributed by atoms with E-state index in [1.54, 1.807) is 29.3 Å². The molecule has 1 aliphatic heterocycles. The van der Waals surface area contributed by atoms with Crippen molar-refractivity contribution in [1.82, 2.24) is 15.2 Å². The van der Waals surface area contributed by atoms with Gasteiger partial charge >= 0.3 is 0 Å². The zero-order valence-electron chi connectivity index (χ0n) is 19.1. The second-order valence-electron chi connectivity index (χ2n) is 8.44. The molecule has 0 spiro atoms. The van der Waals surface area contributed by atoms with Gasteiger partial charge in [0.25, 0.3) is 5.91 Å². The average molecular weight is 459 g/mol. The Hall–Kier alpha value is -3.55. The molecule has 1 unspecified atom stereocenters. The Morgan fingerprint density at radius 1 is 1.03 bits per heavy atom. The van der Waals surface area contributed by atoms with Gasteiger partial charge in [-0.25, -0.2) is 0 Å². The van der Waals surface area contributed by atoms with Crippen LogP contribution in [0.15, 0.2) is 79.0 Å². The molecule has 1 aliphatic rings. The Balaban J connectivity index is 1.24. The number of aliphatic hydroxyl groups excluding tert-OH is 1. The first-order valence-electron chi connectivity index (χ1n) is 11.7. The van der Waals surface area contributed by atoms with Crippen LogP contribution in [0.5, 0.6) is 0 Å². The number of pyridine rings is 1. The van der Waals surface area contributed by atoms with Gasteiger partial charge in [-0.3, -0.25) is 14.6 Å². The number of carbonyl (C=O) groups excluding carboxylic acids is 2. The highest BCUT2D eigenvalue weighted by Crippen LogP contribution is 2.21. The fourth-order valence-corrected chi connectivity index (χ4v) is 4.16. The van der Waals surface area contributed by atoms with Crippen molar-refractivity contribution in [2.24, 2.45) is 0 Å². The molecule has 1 fully saturated rings. The number of amides is 2. The van der Waals surface area contributed by atoms with Crippen LogP contribution in [0.2, 0.25) is 0 Å². The molecular weight excluding hydrogens is 428 g/mol. The standard InChI is InChI=1S/C27H30N4O3/c32-25(21-7-2-1-3-8-21)19-28-17-15-20-11-13-22(14-12-20)30-26(33)24-10-6-18-31(24)27(34)23-9-4-5-16-29-23/h1-5,7-9,11-14,16,24-25,28,32H,6,10,15,17-19H2,(H,30,33)/t24-,25?/m0/s1. The van der Waals surface area contributed by atoms with Crippen LogP contribution in [-0.4, -0.2) is 52.5 Å². The molecular formula is C27H30N4O3. The molecule has 1 saturated heterocycles. The van der Waals surface area contributed by atoms with E-state index in [2.05, 4.69) is 15.6 Å². The Bertz CT molecular complexity index is 1070. The molecule has 2 amide bonds. The number of hydrogen-bond acceptors (Lipinski definition) is 5. The number of nitrogens with zero attached hydrogens (tertiary/aromatic N) is 2. The van der Waals surface area contributed by atoms with E-state index in [1.165, 1.54) is 0 Å². The highest BCUT2D eigenvalue weighted by molar-refractivity contribution is 6.00. The van der Waals surface area contributed by atoms with Gasteiger partial charge < -0.3 is 20.6 Å². The number of benzene rings is 2. The van der Waals surface area contributed by atoms with Crippen LogP contribution in [0.4, 0.5) is 5.69 Å². The fourth-order valence-electron chi connectivity index (χ4n) is 4.16. The Morgan fingerprint density at radius 3 is 2.53 bits per heavy atom. The van der Waals surface area contributed by atoms with Crippen molar-refractivity contribution in [3.8, 4) is 0 Å². The average Bonchev–Trinajstić information content (AvgIpc) is 3.38. The van der Waals surface area contributed by atoms with Crippen LogP contribution >= 0.6 is 0 Å². The maximum atomic E-state index is 12.9. The highest BCUT2D eigenvalue weighted by Gasteiger charge is 2.35. The number of rotatable bonds is 9. The minimum absolute atomic E-state index is 0.175. The lowest BCUT2D eigenvalue weighted by Crippen LogP contribution is -2.43. The summed E-state index contributed by atoms with van der Waals surface area (Å²) in [6.07, 6.45) is 3.30. The van der Waals surface area contributed by atoms with Crippen molar-refractivity contribution in [2.75, 3.05) is 25.0 Å². The summed E-state index contributed by atoms with van der Waals surface area (Å²) in [5, 5.41) is 16.4. The Labute approximate surface area is 199 Å². The van der Waals surface area contributed by atoms with Crippen LogP contribution in [0, 0.1) is 0 Å². The second-order valence-corrected chi connectivity index (χ2v) is 8.44. The molecule has 7 nitrogen and oxygen atoms in total. The summed E-state index contributed by atoms with van der Waals surface area (Å²) in [5.41, 5.74) is 3.10. The topological polar surface area (TPSA) is 94.6 Å². The summed E-state index contributed by atoms with van der Waals surface area (Å²) in [6.45, 7) is 1.79. The van der Waals surface area contributed by atoms with Crippen LogP contribution < -0.4 is 10.6 Å². The SMILES string of the molecule is O=C(Nc1ccc(CCNCC(O)c2ccccc2)cc1)[C@@H]1CCCN1C(=O)c1ccccn1. The van der Waals surface area contributed by atoms with Crippen molar-refractivity contribution in [3.63, 3.8) is 0 Å². The number of aromatic nitrogens is 1. The third kappa shape index (κ3) is 6.07. The lowest BCUT2D eigenvalue weighted by Gasteiger charge is -2.23. The minimum atomic E-state index is -0.529. The Morgan fingerprint density at radius 2 is 1.79 bits per heavy atom. The van der Waals surface area contributed by atoms with Gasteiger partial charge in [0.05, 0.1) is 6.10 Å². The van der Waals surface area contributed by atoms with Crippen LogP contribution in [0.3, 0.4) is 0 Å². The van der Waals surface area contributed by atoms with Gasteiger partial charge in [-0.1, -0.05) is 48.5 Å². The number of anilines is 1. The molecule has 0 radical (unpaired) electrons. The van der Waals surface area contributed by atoms with Crippen molar-refractivity contribution >= 4 is 17.5 Å². The van der Waals surface area contributed by atoms with Gasteiger partial charge in [0.15, 0.2) is 0 Å². The van der Waals surface area contributed by atoms with E-state index in [1.807, 2.05) is 54.6 Å². The molecule has 176 valence electrons. The summed E-state index contributed by atoms with van der Waals surface area (Å²) >= 11 is 0. The second kappa shape index (κ2) is 11.5. The van der Waals surface area contributed by atoms with Crippen molar-refractivity contribution in [1.29, 1.82) is 0 Å². The molecule has 0 saturated carbocycles. The van der Waals surface area contributed by atoms with E-state index in [0.717, 1.165) is 30.5 Å². The lowest BCUT2D eigenvalue weighted by molar-refractivity contribution is -0.119. The number of aliphatic hydroxyl groups is 1. The van der Waals surface area contributed by atoms with Gasteiger partial charge in [-0.15, -0.1) is 0 Å². The van der Waals surface area contributed by atoms with E-state index in [9.17, 15) is 14.7 Å². The fraction of sp³-hybridized carbons (Fsp3) is 0.296. The van der Waals surface area contributed by atoms with Crippen molar-refractivity contribution in [2.45, 2.75) is 31.4 Å². The predicted molar refractivity (Wildman–Crippen MR) is 131 cm³/mol. The summed E-state index contributed by atoms with van der Waals surface area (Å²) < 4.78 is 0. The predicted octanol–water partition coefficient (Wildman–Crippen LogP) is 3.19. The van der Waals surface area contributed by atoms with Gasteiger partial charge in [0.1, 0.15) is 11.7 Å². The van der Waals surface area contributed by atoms with E-state index in [0.29, 0.717) is 30.9 Å². The smallest absolute Gasteiger partial charge is 0.273 e. The third-order valence-corrected chi connectivity index (χ3v) is 6.03. The third-order valence-electron chi connectivity index (χ3n) is 6.03. The van der Waals surface area contributed by atoms with E-state index >= 15 is 0 Å². The molecule has 2 atom stereocenters. The number of carbonyl (C=O) groups is 2. The van der Waals surface area contributed by atoms with Crippen molar-refractivity contribution in [3.05, 3.63) is 95.8 Å². The molecule has 4 rings (SSSR count). The van der Waals surface area contributed by atoms with Crippen molar-refractivity contribution < 1.29 is 14.7 Å². The molecule has 3 aromatic rings. The first-order valence-corrected chi connectivity index (χ1v) is 11.7. The van der Waals surface area contributed by atoms with Crippen LogP contribution in [-0.2, 0) is 11.2 Å². The minimum Gasteiger partial charge on any atom is -0.387 e. The molecule has 2 heterocycles. The normalized spacial score (nSPS) is 16.3. The van der Waals surface area contributed by atoms with Gasteiger partial charge in [-0.05, 0) is 61.2 Å². The largest absolute Gasteiger partial charge is 0.387 e. The maximum absolute atomic E-state index is 12.9. The molecule has 0 bridgehead atoms. The van der Waals surface area contributed by atoms with E-state index in [-0.39, 0.29) is 11.8 Å². The summed E-state index contributed by atoms with van der Waals surface area (Å²) in [6, 6.07) is 22.0. The van der Waals surface area contributed by atoms with Gasteiger partial charge in [0.2, 0.25) is 5.91 Å². The maximum Gasteiger partial charge on any atom is 0.273 e. The zero-order valence-corrected chi connectivity index (χ0v) is 19.1. The molecule has 2 aromatic carbocycles. The number of hydrogen-bond donors (Lipinski definition) is 3. The first-order chi connectivity index (χ1) is 16.6. The van der Waals surface area contributed by atoms with Crippen LogP contribution in [0.1, 0.15) is 40.6 Å². The highest BCUT2D eigenvalue weighted by atomic mass is 16.3. The Kier molecular flexibility index (Phi) is 8.01.